The highest BCUT2D eigenvalue weighted by Gasteiger charge is 2.34. The molecule has 0 fully saturated rings. The van der Waals surface area contributed by atoms with Gasteiger partial charge in [-0.25, -0.2) is 8.42 Å². The van der Waals surface area contributed by atoms with Crippen LogP contribution in [0.1, 0.15) is 37.8 Å². The first-order valence-electron chi connectivity index (χ1n) is 12.7. The van der Waals surface area contributed by atoms with Gasteiger partial charge in [-0.3, -0.25) is 13.9 Å². The lowest BCUT2D eigenvalue weighted by atomic mass is 10.1. The normalized spacial score (nSPS) is 12.0. The Morgan fingerprint density at radius 3 is 2.15 bits per heavy atom. The second-order valence-corrected chi connectivity index (χ2v) is 11.8. The average Bonchev–Trinajstić information content (AvgIpc) is 2.92. The van der Waals surface area contributed by atoms with Gasteiger partial charge < -0.3 is 10.2 Å². The number of benzene rings is 3. The number of halogens is 2. The number of hydrogen-bond acceptors (Lipinski definition) is 4. The Balaban J connectivity index is 2.05. The maximum atomic E-state index is 14.0. The number of rotatable bonds is 12. The van der Waals surface area contributed by atoms with E-state index in [-0.39, 0.29) is 28.1 Å². The smallest absolute Gasteiger partial charge is 0.264 e. The van der Waals surface area contributed by atoms with Gasteiger partial charge in [0, 0.05) is 18.1 Å². The molecule has 0 aromatic heterocycles. The molecule has 39 heavy (non-hydrogen) atoms. The zero-order chi connectivity index (χ0) is 28.6. The number of carbonyl (C=O) groups is 2. The minimum atomic E-state index is -4.18. The number of para-hydroxylation sites is 1. The predicted molar refractivity (Wildman–Crippen MR) is 157 cm³/mol. The standard InChI is InChI=1S/C29H33Cl2N3O4S/c1-4-18-32-29(36)26(5-2)33(19-22-12-14-23(30)15-13-22)28(35)20-34(27-9-7-6-8-25(27)31)39(37,38)24-16-10-21(3)11-17-24/h6-17,26H,4-5,18-20H2,1-3H3,(H,32,36). The fourth-order valence-corrected chi connectivity index (χ4v) is 5.92. The van der Waals surface area contributed by atoms with Crippen LogP contribution in [0.5, 0.6) is 0 Å². The maximum Gasteiger partial charge on any atom is 0.264 e. The van der Waals surface area contributed by atoms with E-state index in [1.54, 1.807) is 60.7 Å². The Morgan fingerprint density at radius 2 is 1.56 bits per heavy atom. The predicted octanol–water partition coefficient (Wildman–Crippen LogP) is 5.83. The lowest BCUT2D eigenvalue weighted by molar-refractivity contribution is -0.140. The van der Waals surface area contributed by atoms with E-state index >= 15 is 0 Å². The highest BCUT2D eigenvalue weighted by molar-refractivity contribution is 7.92. The quantitative estimate of drug-likeness (QED) is 0.288. The number of carbonyl (C=O) groups excluding carboxylic acids is 2. The molecule has 1 N–H and O–H groups in total. The van der Waals surface area contributed by atoms with Crippen molar-refractivity contribution in [3.63, 3.8) is 0 Å². The van der Waals surface area contributed by atoms with Crippen molar-refractivity contribution in [3.8, 4) is 0 Å². The molecular weight excluding hydrogens is 557 g/mol. The van der Waals surface area contributed by atoms with Crippen LogP contribution in [0.15, 0.2) is 77.7 Å². The van der Waals surface area contributed by atoms with Crippen LogP contribution in [-0.2, 0) is 26.2 Å². The highest BCUT2D eigenvalue weighted by Crippen LogP contribution is 2.31. The first-order valence-corrected chi connectivity index (χ1v) is 14.9. The van der Waals surface area contributed by atoms with E-state index < -0.39 is 28.5 Å². The fraction of sp³-hybridized carbons (Fsp3) is 0.310. The first-order chi connectivity index (χ1) is 18.6. The Kier molecular flexibility index (Phi) is 10.8. The molecular formula is C29H33Cl2N3O4S. The second-order valence-electron chi connectivity index (χ2n) is 9.14. The van der Waals surface area contributed by atoms with E-state index in [0.717, 1.165) is 21.9 Å². The van der Waals surface area contributed by atoms with Gasteiger partial charge in [-0.2, -0.15) is 0 Å². The van der Waals surface area contributed by atoms with E-state index in [0.29, 0.717) is 18.0 Å². The van der Waals surface area contributed by atoms with Gasteiger partial charge in [0.25, 0.3) is 10.0 Å². The lowest BCUT2D eigenvalue weighted by Gasteiger charge is -2.33. The molecule has 0 aliphatic rings. The van der Waals surface area contributed by atoms with Crippen molar-refractivity contribution >= 4 is 50.7 Å². The van der Waals surface area contributed by atoms with Crippen LogP contribution in [0, 0.1) is 6.92 Å². The van der Waals surface area contributed by atoms with Crippen molar-refractivity contribution in [2.45, 2.75) is 51.1 Å². The number of amides is 2. The molecule has 0 aliphatic carbocycles. The molecule has 0 bridgehead atoms. The number of nitrogens with one attached hydrogen (secondary N) is 1. The van der Waals surface area contributed by atoms with Crippen LogP contribution in [0.2, 0.25) is 10.0 Å². The molecule has 0 spiro atoms. The molecule has 0 saturated carbocycles. The number of sulfonamides is 1. The molecule has 10 heteroatoms. The third-order valence-corrected chi connectivity index (χ3v) is 8.56. The zero-order valence-electron chi connectivity index (χ0n) is 22.2. The number of hydrogen-bond donors (Lipinski definition) is 1. The van der Waals surface area contributed by atoms with E-state index in [4.69, 9.17) is 23.2 Å². The van der Waals surface area contributed by atoms with Crippen LogP contribution in [0.4, 0.5) is 5.69 Å². The SMILES string of the molecule is CCCNC(=O)C(CC)N(Cc1ccc(Cl)cc1)C(=O)CN(c1ccccc1Cl)S(=O)(=O)c1ccc(C)cc1. The van der Waals surface area contributed by atoms with Crippen molar-refractivity contribution in [1.82, 2.24) is 10.2 Å². The molecule has 0 radical (unpaired) electrons. The molecule has 1 unspecified atom stereocenters. The van der Waals surface area contributed by atoms with Crippen molar-refractivity contribution in [3.05, 3.63) is 94.0 Å². The topological polar surface area (TPSA) is 86.8 Å². The summed E-state index contributed by atoms with van der Waals surface area (Å²) in [5.41, 5.74) is 1.82. The number of anilines is 1. The summed E-state index contributed by atoms with van der Waals surface area (Å²) in [6, 6.07) is 19.0. The Labute approximate surface area is 240 Å². The molecule has 3 aromatic carbocycles. The maximum absolute atomic E-state index is 14.0. The molecule has 0 aliphatic heterocycles. The number of aryl methyl sites for hydroxylation is 1. The Morgan fingerprint density at radius 1 is 0.923 bits per heavy atom. The molecule has 0 saturated heterocycles. The fourth-order valence-electron chi connectivity index (χ4n) is 4.08. The van der Waals surface area contributed by atoms with Crippen molar-refractivity contribution in [1.29, 1.82) is 0 Å². The van der Waals surface area contributed by atoms with Gasteiger partial charge in [0.05, 0.1) is 15.6 Å². The van der Waals surface area contributed by atoms with Crippen LogP contribution < -0.4 is 9.62 Å². The van der Waals surface area contributed by atoms with Crippen LogP contribution in [0.3, 0.4) is 0 Å². The molecule has 2 amide bonds. The number of nitrogens with zero attached hydrogens (tertiary/aromatic N) is 2. The monoisotopic (exact) mass is 589 g/mol. The summed E-state index contributed by atoms with van der Waals surface area (Å²) in [5.74, 6) is -0.841. The van der Waals surface area contributed by atoms with Gasteiger partial charge in [0.1, 0.15) is 12.6 Å². The highest BCUT2D eigenvalue weighted by atomic mass is 35.5. The summed E-state index contributed by atoms with van der Waals surface area (Å²) in [4.78, 5) is 28.5. The van der Waals surface area contributed by atoms with Crippen LogP contribution >= 0.6 is 23.2 Å². The van der Waals surface area contributed by atoms with Crippen molar-refractivity contribution in [2.24, 2.45) is 0 Å². The van der Waals surface area contributed by atoms with Gasteiger partial charge >= 0.3 is 0 Å². The van der Waals surface area contributed by atoms with Crippen LogP contribution in [0.25, 0.3) is 0 Å². The van der Waals surface area contributed by atoms with E-state index in [9.17, 15) is 18.0 Å². The summed E-state index contributed by atoms with van der Waals surface area (Å²) in [7, 11) is -4.18. The third-order valence-electron chi connectivity index (χ3n) is 6.21. The third kappa shape index (κ3) is 7.75. The summed E-state index contributed by atoms with van der Waals surface area (Å²) in [6.07, 6.45) is 1.08. The van der Waals surface area contributed by atoms with E-state index in [1.165, 1.54) is 17.0 Å². The zero-order valence-corrected chi connectivity index (χ0v) is 24.6. The van der Waals surface area contributed by atoms with Crippen LogP contribution in [-0.4, -0.2) is 44.3 Å². The molecule has 1 atom stereocenters. The summed E-state index contributed by atoms with van der Waals surface area (Å²) < 4.78 is 28.7. The molecule has 208 valence electrons. The minimum absolute atomic E-state index is 0.0257. The molecule has 3 rings (SSSR count). The van der Waals surface area contributed by atoms with Gasteiger partial charge in [-0.15, -0.1) is 0 Å². The minimum Gasteiger partial charge on any atom is -0.354 e. The summed E-state index contributed by atoms with van der Waals surface area (Å²) >= 11 is 12.5. The van der Waals surface area contributed by atoms with Crippen molar-refractivity contribution in [2.75, 3.05) is 17.4 Å². The van der Waals surface area contributed by atoms with E-state index in [1.807, 2.05) is 20.8 Å². The van der Waals surface area contributed by atoms with Gasteiger partial charge in [-0.05, 0) is 61.7 Å². The average molecular weight is 591 g/mol. The lowest BCUT2D eigenvalue weighted by Crippen LogP contribution is -2.52. The van der Waals surface area contributed by atoms with Gasteiger partial charge in [-0.1, -0.05) is 79.0 Å². The first kappa shape index (κ1) is 30.5. The Bertz CT molecular complexity index is 1380. The summed E-state index contributed by atoms with van der Waals surface area (Å²) in [6.45, 7) is 5.61. The second kappa shape index (κ2) is 13.8. The molecule has 7 nitrogen and oxygen atoms in total. The van der Waals surface area contributed by atoms with Crippen molar-refractivity contribution < 1.29 is 18.0 Å². The van der Waals surface area contributed by atoms with E-state index in [2.05, 4.69) is 5.32 Å². The molecule has 0 heterocycles. The Hall–Kier alpha value is -3.07. The molecule has 3 aromatic rings. The van der Waals surface area contributed by atoms with Gasteiger partial charge in [0.2, 0.25) is 11.8 Å². The largest absolute Gasteiger partial charge is 0.354 e. The summed E-state index contributed by atoms with van der Waals surface area (Å²) in [5, 5.41) is 3.58. The van der Waals surface area contributed by atoms with Gasteiger partial charge in [0.15, 0.2) is 0 Å².